The summed E-state index contributed by atoms with van der Waals surface area (Å²) >= 11 is 1.54. The summed E-state index contributed by atoms with van der Waals surface area (Å²) in [6.45, 7) is 6.28. The number of nitrogens with one attached hydrogen (secondary N) is 1. The van der Waals surface area contributed by atoms with Gasteiger partial charge in [0, 0.05) is 21.1 Å². The fraction of sp³-hybridized carbons (Fsp3) is 0.267. The first kappa shape index (κ1) is 15.6. The Kier molecular flexibility index (Phi) is 4.62. The van der Waals surface area contributed by atoms with Crippen molar-refractivity contribution in [3.05, 3.63) is 34.7 Å². The van der Waals surface area contributed by atoms with Gasteiger partial charge in [-0.3, -0.25) is 5.41 Å². The highest BCUT2D eigenvalue weighted by molar-refractivity contribution is 7.20. The zero-order valence-corrected chi connectivity index (χ0v) is 12.8. The van der Waals surface area contributed by atoms with Crippen molar-refractivity contribution < 1.29 is 0 Å². The summed E-state index contributed by atoms with van der Waals surface area (Å²) in [6, 6.07) is 8.00. The van der Waals surface area contributed by atoms with Crippen molar-refractivity contribution in [1.29, 1.82) is 5.41 Å². The summed E-state index contributed by atoms with van der Waals surface area (Å²) in [5.41, 5.74) is 6.52. The highest BCUT2D eigenvalue weighted by atomic mass is 35.5. The minimum Gasteiger partial charge on any atom is -0.383 e. The zero-order chi connectivity index (χ0) is 13.3. The molecule has 0 atom stereocenters. The molecule has 1 heterocycles. The first-order valence-corrected chi connectivity index (χ1v) is 6.58. The van der Waals surface area contributed by atoms with Crippen LogP contribution in [-0.2, 0) is 0 Å². The standard InChI is InChI=1S/C15H16N2S.ClH/c1-15(2,3)8-7-10-5-4-6-12-11(10)9-13(18-12)14(16)17;/h4-6,9H,1-3H3,(H3,16,17);1H. The molecule has 0 unspecified atom stereocenters. The molecule has 2 nitrogen and oxygen atoms in total. The van der Waals surface area contributed by atoms with Crippen LogP contribution >= 0.6 is 23.7 Å². The molecule has 4 heteroatoms. The molecule has 1 aromatic carbocycles. The molecule has 0 saturated heterocycles. The van der Waals surface area contributed by atoms with Crippen LogP contribution in [0.15, 0.2) is 24.3 Å². The Morgan fingerprint density at radius 3 is 2.58 bits per heavy atom. The van der Waals surface area contributed by atoms with Gasteiger partial charge in [-0.15, -0.1) is 23.7 Å². The van der Waals surface area contributed by atoms with Crippen molar-refractivity contribution in [2.24, 2.45) is 11.1 Å². The Bertz CT molecular complexity index is 669. The maximum Gasteiger partial charge on any atom is 0.133 e. The summed E-state index contributed by atoms with van der Waals surface area (Å²) in [4.78, 5) is 0.801. The molecule has 0 aliphatic carbocycles. The van der Waals surface area contributed by atoms with E-state index < -0.39 is 0 Å². The average Bonchev–Trinajstić information content (AvgIpc) is 2.69. The van der Waals surface area contributed by atoms with Gasteiger partial charge in [-0.25, -0.2) is 0 Å². The molecule has 3 N–H and O–H groups in total. The second kappa shape index (κ2) is 5.64. The van der Waals surface area contributed by atoms with Gasteiger partial charge in [-0.05, 0) is 39.0 Å². The highest BCUT2D eigenvalue weighted by Gasteiger charge is 2.08. The number of benzene rings is 1. The van der Waals surface area contributed by atoms with Crippen molar-refractivity contribution in [2.75, 3.05) is 0 Å². The first-order chi connectivity index (χ1) is 8.37. The second-order valence-corrected chi connectivity index (χ2v) is 6.33. The highest BCUT2D eigenvalue weighted by Crippen LogP contribution is 2.28. The number of rotatable bonds is 1. The minimum atomic E-state index is -0.0123. The summed E-state index contributed by atoms with van der Waals surface area (Å²) < 4.78 is 1.13. The molecular formula is C15H17ClN2S. The van der Waals surface area contributed by atoms with Gasteiger partial charge in [-0.1, -0.05) is 17.9 Å². The van der Waals surface area contributed by atoms with Crippen molar-refractivity contribution >= 4 is 39.7 Å². The van der Waals surface area contributed by atoms with E-state index in [1.807, 2.05) is 24.3 Å². The molecule has 2 rings (SSSR count). The Balaban J connectivity index is 0.00000180. The lowest BCUT2D eigenvalue weighted by Crippen LogP contribution is -2.08. The number of fused-ring (bicyclic) bond motifs is 1. The Labute approximate surface area is 123 Å². The number of thiophene rings is 1. The molecule has 0 radical (unpaired) electrons. The maximum atomic E-state index is 7.49. The van der Waals surface area contributed by atoms with Gasteiger partial charge in [-0.2, -0.15) is 0 Å². The van der Waals surface area contributed by atoms with E-state index in [1.54, 1.807) is 0 Å². The molecule has 1 aromatic heterocycles. The molecule has 19 heavy (non-hydrogen) atoms. The predicted octanol–water partition coefficient (Wildman–Crippen LogP) is 4.00. The van der Waals surface area contributed by atoms with Crippen LogP contribution in [0.3, 0.4) is 0 Å². The molecule has 100 valence electrons. The third-order valence-corrected chi connectivity index (χ3v) is 3.53. The summed E-state index contributed by atoms with van der Waals surface area (Å²) in [7, 11) is 0. The Hall–Kier alpha value is -1.50. The number of nitrogen functional groups attached to an aromatic ring is 1. The van der Waals surface area contributed by atoms with Crippen LogP contribution < -0.4 is 5.73 Å². The van der Waals surface area contributed by atoms with Gasteiger partial charge in [0.25, 0.3) is 0 Å². The number of halogens is 1. The SMILES string of the molecule is CC(C)(C)C#Cc1cccc2sc(C(=N)N)cc12.Cl. The van der Waals surface area contributed by atoms with Crippen LogP contribution in [0.5, 0.6) is 0 Å². The molecule has 0 bridgehead atoms. The zero-order valence-electron chi connectivity index (χ0n) is 11.2. The van der Waals surface area contributed by atoms with E-state index in [0.717, 1.165) is 20.5 Å². The number of nitrogens with two attached hydrogens (primary N) is 1. The molecule has 0 fully saturated rings. The minimum absolute atomic E-state index is 0. The maximum absolute atomic E-state index is 7.49. The second-order valence-electron chi connectivity index (χ2n) is 5.24. The molecule has 0 aliphatic rings. The fourth-order valence-electron chi connectivity index (χ4n) is 1.56. The van der Waals surface area contributed by atoms with Gasteiger partial charge >= 0.3 is 0 Å². The van der Waals surface area contributed by atoms with Crippen LogP contribution in [0.1, 0.15) is 31.2 Å². The van der Waals surface area contributed by atoms with E-state index in [2.05, 4.69) is 32.6 Å². The smallest absolute Gasteiger partial charge is 0.133 e. The Morgan fingerprint density at radius 2 is 2.00 bits per heavy atom. The van der Waals surface area contributed by atoms with Crippen LogP contribution in [-0.4, -0.2) is 5.84 Å². The molecule has 0 saturated carbocycles. The fourth-order valence-corrected chi connectivity index (χ4v) is 2.51. The van der Waals surface area contributed by atoms with Gasteiger partial charge in [0.15, 0.2) is 0 Å². The van der Waals surface area contributed by atoms with Crippen molar-refractivity contribution in [3.63, 3.8) is 0 Å². The van der Waals surface area contributed by atoms with Crippen LogP contribution in [0.25, 0.3) is 10.1 Å². The van der Waals surface area contributed by atoms with Crippen molar-refractivity contribution in [2.45, 2.75) is 20.8 Å². The monoisotopic (exact) mass is 292 g/mol. The first-order valence-electron chi connectivity index (χ1n) is 5.77. The van der Waals surface area contributed by atoms with E-state index in [1.165, 1.54) is 11.3 Å². The van der Waals surface area contributed by atoms with E-state index >= 15 is 0 Å². The largest absolute Gasteiger partial charge is 0.383 e. The third-order valence-electron chi connectivity index (χ3n) is 2.40. The number of amidine groups is 1. The van der Waals surface area contributed by atoms with Gasteiger partial charge in [0.05, 0.1) is 4.88 Å². The number of hydrogen-bond donors (Lipinski definition) is 2. The molecule has 2 aromatic rings. The van der Waals surface area contributed by atoms with Crippen LogP contribution in [0.4, 0.5) is 0 Å². The van der Waals surface area contributed by atoms with Gasteiger partial charge < -0.3 is 5.73 Å². The van der Waals surface area contributed by atoms with E-state index in [4.69, 9.17) is 11.1 Å². The third kappa shape index (κ3) is 3.73. The van der Waals surface area contributed by atoms with Crippen molar-refractivity contribution in [1.82, 2.24) is 0 Å². The van der Waals surface area contributed by atoms with E-state index in [0.29, 0.717) is 0 Å². The van der Waals surface area contributed by atoms with Crippen molar-refractivity contribution in [3.8, 4) is 11.8 Å². The summed E-state index contributed by atoms with van der Waals surface area (Å²) in [5.74, 6) is 6.58. The molecule has 0 aliphatic heterocycles. The molecular weight excluding hydrogens is 276 g/mol. The molecule has 0 spiro atoms. The van der Waals surface area contributed by atoms with E-state index in [-0.39, 0.29) is 23.7 Å². The average molecular weight is 293 g/mol. The van der Waals surface area contributed by atoms with Gasteiger partial charge in [0.2, 0.25) is 0 Å². The topological polar surface area (TPSA) is 49.9 Å². The van der Waals surface area contributed by atoms with Crippen LogP contribution in [0.2, 0.25) is 0 Å². The Morgan fingerprint density at radius 1 is 1.32 bits per heavy atom. The predicted molar refractivity (Wildman–Crippen MR) is 86.4 cm³/mol. The lowest BCUT2D eigenvalue weighted by molar-refractivity contribution is 0.571. The summed E-state index contributed by atoms with van der Waals surface area (Å²) in [6.07, 6.45) is 0. The number of hydrogen-bond acceptors (Lipinski definition) is 2. The summed E-state index contributed by atoms with van der Waals surface area (Å²) in [5, 5.41) is 8.58. The van der Waals surface area contributed by atoms with Gasteiger partial charge in [0.1, 0.15) is 5.84 Å². The lowest BCUT2D eigenvalue weighted by Gasteiger charge is -2.06. The lowest BCUT2D eigenvalue weighted by atomic mass is 9.97. The molecule has 0 amide bonds. The normalized spacial score (nSPS) is 10.5. The van der Waals surface area contributed by atoms with E-state index in [9.17, 15) is 0 Å². The quantitative estimate of drug-likeness (QED) is 0.466. The van der Waals surface area contributed by atoms with Crippen LogP contribution in [0, 0.1) is 22.7 Å².